The summed E-state index contributed by atoms with van der Waals surface area (Å²) in [6.07, 6.45) is 25.8. The van der Waals surface area contributed by atoms with Crippen molar-refractivity contribution in [1.29, 1.82) is 0 Å². The zero-order chi connectivity index (χ0) is 25.3. The van der Waals surface area contributed by atoms with E-state index in [2.05, 4.69) is 13.8 Å². The van der Waals surface area contributed by atoms with Crippen molar-refractivity contribution < 1.29 is 22.5 Å². The number of carbonyl (C=O) groups is 1. The van der Waals surface area contributed by atoms with Gasteiger partial charge in [0.25, 0.3) is 10.1 Å². The largest absolute Gasteiger partial charge is 0.461 e. The summed E-state index contributed by atoms with van der Waals surface area (Å²) in [5, 5.41) is 0. The third-order valence-corrected chi connectivity index (χ3v) is 7.35. The van der Waals surface area contributed by atoms with E-state index < -0.39 is 22.0 Å². The van der Waals surface area contributed by atoms with Crippen LogP contribution in [-0.4, -0.2) is 30.8 Å². The fourth-order valence-electron chi connectivity index (χ4n) is 4.45. The molecule has 0 aliphatic rings. The molecule has 0 radical (unpaired) electrons. The second-order valence-corrected chi connectivity index (χ2v) is 11.6. The number of esters is 1. The molecule has 0 aromatic carbocycles. The van der Waals surface area contributed by atoms with Crippen LogP contribution in [0, 0.1) is 0 Å². The maximum atomic E-state index is 12.0. The summed E-state index contributed by atoms with van der Waals surface area (Å²) in [7, 11) is -4.15. The average molecular weight is 505 g/mol. The molecule has 1 N–H and O–H groups in total. The molecule has 1 atom stereocenters. The zero-order valence-corrected chi connectivity index (χ0v) is 23.4. The molecule has 204 valence electrons. The van der Waals surface area contributed by atoms with Gasteiger partial charge in [-0.2, -0.15) is 8.42 Å². The van der Waals surface area contributed by atoms with E-state index >= 15 is 0 Å². The lowest BCUT2D eigenvalue weighted by Gasteiger charge is -2.16. The number of carbonyl (C=O) groups excluding carboxylic acids is 1. The van der Waals surface area contributed by atoms with Crippen molar-refractivity contribution in [3.05, 3.63) is 0 Å². The molecule has 0 amide bonds. The Balaban J connectivity index is 3.72. The maximum absolute atomic E-state index is 12.0. The van der Waals surface area contributed by atoms with Crippen molar-refractivity contribution in [3.8, 4) is 0 Å². The third kappa shape index (κ3) is 26.0. The van der Waals surface area contributed by atoms with Crippen LogP contribution in [0.1, 0.15) is 162 Å². The lowest BCUT2D eigenvalue weighted by Crippen LogP contribution is -2.26. The minimum Gasteiger partial charge on any atom is -0.461 e. The van der Waals surface area contributed by atoms with E-state index in [9.17, 15) is 17.8 Å². The third-order valence-electron chi connectivity index (χ3n) is 6.56. The van der Waals surface area contributed by atoms with Gasteiger partial charge in [-0.1, -0.05) is 136 Å². The highest BCUT2D eigenvalue weighted by Crippen LogP contribution is 2.16. The highest BCUT2D eigenvalue weighted by molar-refractivity contribution is 7.85. The first-order valence-electron chi connectivity index (χ1n) is 14.5. The highest BCUT2D eigenvalue weighted by atomic mass is 32.2. The number of ether oxygens (including phenoxy) is 1. The van der Waals surface area contributed by atoms with Gasteiger partial charge >= 0.3 is 5.97 Å². The van der Waals surface area contributed by atoms with Crippen LogP contribution in [0.2, 0.25) is 0 Å². The first-order chi connectivity index (χ1) is 16.4. The van der Waals surface area contributed by atoms with Gasteiger partial charge in [0.2, 0.25) is 0 Å². The van der Waals surface area contributed by atoms with Gasteiger partial charge < -0.3 is 4.74 Å². The molecule has 0 saturated heterocycles. The molecule has 1 unspecified atom stereocenters. The normalized spacial score (nSPS) is 12.7. The summed E-state index contributed by atoms with van der Waals surface area (Å²) in [5.74, 6) is -0.838. The fourth-order valence-corrected chi connectivity index (χ4v) is 5.15. The van der Waals surface area contributed by atoms with Crippen LogP contribution in [0.4, 0.5) is 0 Å². The van der Waals surface area contributed by atoms with Crippen molar-refractivity contribution >= 4 is 16.1 Å². The van der Waals surface area contributed by atoms with E-state index in [1.807, 2.05) is 0 Å². The van der Waals surface area contributed by atoms with Crippen LogP contribution in [0.25, 0.3) is 0 Å². The lowest BCUT2D eigenvalue weighted by molar-refractivity contribution is -0.148. The van der Waals surface area contributed by atoms with Crippen LogP contribution in [0.15, 0.2) is 0 Å². The fraction of sp³-hybridized carbons (Fsp3) is 0.964. The monoisotopic (exact) mass is 504 g/mol. The minimum absolute atomic E-state index is 0.324. The highest BCUT2D eigenvalue weighted by Gasteiger charge is 2.20. The number of rotatable bonds is 26. The molecule has 0 aromatic heterocycles. The van der Waals surface area contributed by atoms with E-state index in [1.54, 1.807) is 0 Å². The summed E-state index contributed by atoms with van der Waals surface area (Å²) < 4.78 is 37.2. The molecular formula is C28H56O5S. The Morgan fingerprint density at radius 2 is 0.971 bits per heavy atom. The van der Waals surface area contributed by atoms with Crippen LogP contribution < -0.4 is 0 Å². The van der Waals surface area contributed by atoms with Crippen LogP contribution in [-0.2, 0) is 19.6 Å². The molecule has 0 heterocycles. The second-order valence-electron chi connectivity index (χ2n) is 10.1. The van der Waals surface area contributed by atoms with Crippen molar-refractivity contribution in [1.82, 2.24) is 0 Å². The Hall–Kier alpha value is -0.620. The molecule has 34 heavy (non-hydrogen) atoms. The standard InChI is InChI=1S/C28H56O5S/c1-3-5-7-9-10-11-12-13-14-15-16-17-18-19-21-22-24-27(26-34(30,31)32)33-28(29)25-23-20-8-6-4-2/h27H,3-26H2,1-2H3,(H,30,31,32). The molecule has 0 spiro atoms. The van der Waals surface area contributed by atoms with Crippen molar-refractivity contribution in [3.63, 3.8) is 0 Å². The topological polar surface area (TPSA) is 80.7 Å². The van der Waals surface area contributed by atoms with Crippen molar-refractivity contribution in [2.24, 2.45) is 0 Å². The maximum Gasteiger partial charge on any atom is 0.306 e. The molecule has 0 rings (SSSR count). The van der Waals surface area contributed by atoms with E-state index in [4.69, 9.17) is 4.74 Å². The van der Waals surface area contributed by atoms with Gasteiger partial charge in [-0.05, 0) is 19.3 Å². The summed E-state index contributed by atoms with van der Waals surface area (Å²) in [4.78, 5) is 12.0. The molecule has 0 saturated carbocycles. The van der Waals surface area contributed by atoms with E-state index in [1.165, 1.54) is 89.9 Å². The van der Waals surface area contributed by atoms with Crippen molar-refractivity contribution in [2.75, 3.05) is 5.75 Å². The SMILES string of the molecule is CCCCCCCCCCCCCCCCCCC(CS(=O)(=O)O)OC(=O)CCCCCCC. The molecule has 0 aliphatic carbocycles. The van der Waals surface area contributed by atoms with Crippen LogP contribution in [0.5, 0.6) is 0 Å². The minimum atomic E-state index is -4.15. The van der Waals surface area contributed by atoms with E-state index in [0.29, 0.717) is 12.8 Å². The Bertz CT molecular complexity index is 547. The quantitative estimate of drug-likeness (QED) is 0.0723. The smallest absolute Gasteiger partial charge is 0.306 e. The average Bonchev–Trinajstić information content (AvgIpc) is 2.77. The molecule has 5 nitrogen and oxygen atoms in total. The summed E-state index contributed by atoms with van der Waals surface area (Å²) >= 11 is 0. The van der Waals surface area contributed by atoms with Gasteiger partial charge in [0, 0.05) is 6.42 Å². The molecule has 0 aliphatic heterocycles. The van der Waals surface area contributed by atoms with E-state index in [-0.39, 0.29) is 5.97 Å². The number of hydrogen-bond donors (Lipinski definition) is 1. The molecular weight excluding hydrogens is 448 g/mol. The zero-order valence-electron chi connectivity index (χ0n) is 22.5. The van der Waals surface area contributed by atoms with Gasteiger partial charge in [0.05, 0.1) is 0 Å². The Morgan fingerprint density at radius 3 is 1.35 bits per heavy atom. The Kier molecular flexibility index (Phi) is 23.7. The first-order valence-corrected chi connectivity index (χ1v) is 16.1. The summed E-state index contributed by atoms with van der Waals surface area (Å²) in [5.41, 5.74) is 0. The Labute approximate surface area is 211 Å². The van der Waals surface area contributed by atoms with E-state index in [0.717, 1.165) is 44.9 Å². The lowest BCUT2D eigenvalue weighted by atomic mass is 10.0. The first kappa shape index (κ1) is 33.4. The second kappa shape index (κ2) is 24.1. The predicted octanol–water partition coefficient (Wildman–Crippen LogP) is 8.80. The molecule has 0 aromatic rings. The van der Waals surface area contributed by atoms with Crippen LogP contribution in [0.3, 0.4) is 0 Å². The molecule has 0 bridgehead atoms. The van der Waals surface area contributed by atoms with Crippen molar-refractivity contribution in [2.45, 2.75) is 168 Å². The van der Waals surface area contributed by atoms with Gasteiger partial charge in [-0.3, -0.25) is 9.35 Å². The van der Waals surface area contributed by atoms with Crippen LogP contribution >= 0.6 is 0 Å². The van der Waals surface area contributed by atoms with Gasteiger partial charge in [-0.25, -0.2) is 0 Å². The molecule has 6 heteroatoms. The summed E-state index contributed by atoms with van der Waals surface area (Å²) in [6, 6.07) is 0. The number of hydrogen-bond acceptors (Lipinski definition) is 4. The predicted molar refractivity (Wildman–Crippen MR) is 144 cm³/mol. The Morgan fingerprint density at radius 1 is 0.618 bits per heavy atom. The number of unbranched alkanes of at least 4 members (excludes halogenated alkanes) is 19. The van der Waals surface area contributed by atoms with Gasteiger partial charge in [0.1, 0.15) is 11.9 Å². The van der Waals surface area contributed by atoms with Gasteiger partial charge in [-0.15, -0.1) is 0 Å². The van der Waals surface area contributed by atoms with Gasteiger partial charge in [0.15, 0.2) is 0 Å². The molecule has 0 fully saturated rings. The summed E-state index contributed by atoms with van der Waals surface area (Å²) in [6.45, 7) is 4.41.